The Hall–Kier alpha value is -1.71. The number of nitrogens with two attached hydrogens (primary N) is 1. The minimum absolute atomic E-state index is 0.0893. The van der Waals surface area contributed by atoms with Crippen LogP contribution in [0.1, 0.15) is 54.4 Å². The first-order chi connectivity index (χ1) is 9.48. The number of para-hydroxylation sites is 1. The lowest BCUT2D eigenvalue weighted by Gasteiger charge is -2.23. The number of hydrogen-bond donors (Lipinski definition) is 1. The molecule has 4 nitrogen and oxygen atoms in total. The van der Waals surface area contributed by atoms with Gasteiger partial charge in [-0.15, -0.1) is 0 Å². The largest absolute Gasteiger partial charge is 0.484 e. The van der Waals surface area contributed by atoms with Crippen molar-refractivity contribution in [2.75, 3.05) is 5.73 Å². The minimum Gasteiger partial charge on any atom is -0.484 e. The quantitative estimate of drug-likeness (QED) is 0.514. The fourth-order valence-corrected chi connectivity index (χ4v) is 1.69. The Balaban J connectivity index is 2.84. The summed E-state index contributed by atoms with van der Waals surface area (Å²) in [7, 11) is 0. The van der Waals surface area contributed by atoms with E-state index in [1.807, 2.05) is 20.8 Å². The lowest BCUT2D eigenvalue weighted by Crippen LogP contribution is -2.24. The van der Waals surface area contributed by atoms with Crippen molar-refractivity contribution >= 4 is 11.7 Å². The highest BCUT2D eigenvalue weighted by molar-refractivity contribution is 5.76. The topological polar surface area (TPSA) is 61.5 Å². The van der Waals surface area contributed by atoms with Crippen LogP contribution in [0, 0.1) is 5.41 Å². The summed E-state index contributed by atoms with van der Waals surface area (Å²) in [6.45, 7) is 12.1. The number of carbonyl (C=O) groups excluding carboxylic acids is 1. The van der Waals surface area contributed by atoms with Gasteiger partial charge in [-0.2, -0.15) is 0 Å². The number of nitrogen functional groups attached to an aromatic ring is 1. The number of rotatable bonds is 4. The van der Waals surface area contributed by atoms with Crippen LogP contribution in [0.15, 0.2) is 18.2 Å². The van der Waals surface area contributed by atoms with E-state index in [0.29, 0.717) is 23.6 Å². The molecule has 0 aliphatic carbocycles. The van der Waals surface area contributed by atoms with E-state index < -0.39 is 0 Å². The first-order valence-electron chi connectivity index (χ1n) is 7.26. The highest BCUT2D eigenvalue weighted by Crippen LogP contribution is 2.36. The molecule has 4 heteroatoms. The third-order valence-electron chi connectivity index (χ3n) is 2.72. The lowest BCUT2D eigenvalue weighted by atomic mass is 9.91. The van der Waals surface area contributed by atoms with E-state index in [1.165, 1.54) is 0 Å². The zero-order valence-corrected chi connectivity index (χ0v) is 13.9. The van der Waals surface area contributed by atoms with E-state index in [9.17, 15) is 4.79 Å². The van der Waals surface area contributed by atoms with Gasteiger partial charge in [0.05, 0.1) is 5.69 Å². The van der Waals surface area contributed by atoms with Crippen molar-refractivity contribution in [2.45, 2.75) is 60.0 Å². The molecule has 0 aliphatic heterocycles. The van der Waals surface area contributed by atoms with Gasteiger partial charge in [0.15, 0.2) is 11.5 Å². The van der Waals surface area contributed by atoms with E-state index in [4.69, 9.17) is 15.2 Å². The SMILES string of the molecule is CC(C)(C)CCC(=O)Oc1c(N)cccc1OC(C)(C)C. The molecule has 0 radical (unpaired) electrons. The zero-order chi connectivity index (χ0) is 16.3. The van der Waals surface area contributed by atoms with Crippen molar-refractivity contribution in [3.05, 3.63) is 18.2 Å². The first kappa shape index (κ1) is 17.3. The van der Waals surface area contributed by atoms with Gasteiger partial charge in [-0.1, -0.05) is 26.8 Å². The molecule has 0 bridgehead atoms. The lowest BCUT2D eigenvalue weighted by molar-refractivity contribution is -0.135. The second-order valence-electron chi connectivity index (χ2n) is 7.42. The van der Waals surface area contributed by atoms with E-state index in [2.05, 4.69) is 20.8 Å². The zero-order valence-electron chi connectivity index (χ0n) is 13.9. The molecular weight excluding hydrogens is 266 g/mol. The fourth-order valence-electron chi connectivity index (χ4n) is 1.69. The summed E-state index contributed by atoms with van der Waals surface area (Å²) < 4.78 is 11.2. The summed E-state index contributed by atoms with van der Waals surface area (Å²) in [5.41, 5.74) is 6.02. The molecule has 0 atom stereocenters. The van der Waals surface area contributed by atoms with Gasteiger partial charge >= 0.3 is 5.97 Å². The number of benzene rings is 1. The highest BCUT2D eigenvalue weighted by atomic mass is 16.6. The van der Waals surface area contributed by atoms with E-state index in [0.717, 1.165) is 6.42 Å². The predicted molar refractivity (Wildman–Crippen MR) is 85.6 cm³/mol. The van der Waals surface area contributed by atoms with Gasteiger partial charge in [0.1, 0.15) is 5.60 Å². The van der Waals surface area contributed by atoms with Crippen LogP contribution < -0.4 is 15.2 Å². The normalized spacial score (nSPS) is 12.1. The standard InChI is InChI=1S/C17H27NO3/c1-16(2,3)11-10-14(19)20-15-12(18)8-7-9-13(15)21-17(4,5)6/h7-9H,10-11,18H2,1-6H3. The van der Waals surface area contributed by atoms with Crippen LogP contribution in [0.25, 0.3) is 0 Å². The van der Waals surface area contributed by atoms with Gasteiger partial charge in [-0.05, 0) is 44.7 Å². The van der Waals surface area contributed by atoms with Crippen LogP contribution in [-0.2, 0) is 4.79 Å². The molecule has 0 heterocycles. The fraction of sp³-hybridized carbons (Fsp3) is 0.588. The van der Waals surface area contributed by atoms with E-state index in [1.54, 1.807) is 18.2 Å². The van der Waals surface area contributed by atoms with E-state index >= 15 is 0 Å². The molecule has 0 spiro atoms. The van der Waals surface area contributed by atoms with Crippen LogP contribution in [0.4, 0.5) is 5.69 Å². The number of carbonyl (C=O) groups is 1. The predicted octanol–water partition coefficient (Wildman–Crippen LogP) is 4.18. The average molecular weight is 293 g/mol. The summed E-state index contributed by atoms with van der Waals surface area (Å²) in [6, 6.07) is 5.23. The second kappa shape index (κ2) is 6.37. The second-order valence-corrected chi connectivity index (χ2v) is 7.42. The number of ether oxygens (including phenoxy) is 2. The average Bonchev–Trinajstić information content (AvgIpc) is 2.28. The Kier molecular flexibility index (Phi) is 5.26. The molecule has 1 aromatic rings. The molecule has 0 unspecified atom stereocenters. The first-order valence-corrected chi connectivity index (χ1v) is 7.26. The monoisotopic (exact) mass is 293 g/mol. The van der Waals surface area contributed by atoms with Gasteiger partial charge in [-0.25, -0.2) is 0 Å². The molecule has 0 saturated heterocycles. The maximum Gasteiger partial charge on any atom is 0.311 e. The van der Waals surface area contributed by atoms with Gasteiger partial charge in [-0.3, -0.25) is 4.79 Å². The third kappa shape index (κ3) is 6.52. The van der Waals surface area contributed by atoms with Crippen LogP contribution in [-0.4, -0.2) is 11.6 Å². The molecule has 0 saturated carbocycles. The smallest absolute Gasteiger partial charge is 0.311 e. The third-order valence-corrected chi connectivity index (χ3v) is 2.72. The molecule has 0 fully saturated rings. The summed E-state index contributed by atoms with van der Waals surface area (Å²) in [5.74, 6) is 0.513. The van der Waals surface area contributed by atoms with Crippen LogP contribution >= 0.6 is 0 Å². The minimum atomic E-state index is -0.389. The van der Waals surface area contributed by atoms with Crippen LogP contribution in [0.3, 0.4) is 0 Å². The molecular formula is C17H27NO3. The molecule has 0 aliphatic rings. The molecule has 21 heavy (non-hydrogen) atoms. The van der Waals surface area contributed by atoms with Crippen molar-refractivity contribution in [1.29, 1.82) is 0 Å². The Morgan fingerprint density at radius 3 is 2.29 bits per heavy atom. The molecule has 118 valence electrons. The summed E-state index contributed by atoms with van der Waals surface area (Å²) >= 11 is 0. The van der Waals surface area contributed by atoms with Gasteiger partial charge in [0.2, 0.25) is 0 Å². The summed E-state index contributed by atoms with van der Waals surface area (Å²) in [4.78, 5) is 12.0. The van der Waals surface area contributed by atoms with Crippen molar-refractivity contribution in [3.63, 3.8) is 0 Å². The van der Waals surface area contributed by atoms with Gasteiger partial charge in [0, 0.05) is 6.42 Å². The van der Waals surface area contributed by atoms with Crippen molar-refractivity contribution < 1.29 is 14.3 Å². The highest BCUT2D eigenvalue weighted by Gasteiger charge is 2.20. The maximum atomic E-state index is 12.0. The van der Waals surface area contributed by atoms with Crippen LogP contribution in [0.2, 0.25) is 0 Å². The molecule has 0 amide bonds. The van der Waals surface area contributed by atoms with Crippen LogP contribution in [0.5, 0.6) is 11.5 Å². The molecule has 2 N–H and O–H groups in total. The summed E-state index contributed by atoms with van der Waals surface area (Å²) in [6.07, 6.45) is 1.11. The number of hydrogen-bond acceptors (Lipinski definition) is 4. The van der Waals surface area contributed by atoms with Crippen molar-refractivity contribution in [3.8, 4) is 11.5 Å². The Morgan fingerprint density at radius 2 is 1.76 bits per heavy atom. The number of esters is 1. The Labute approximate surface area is 127 Å². The van der Waals surface area contributed by atoms with Crippen molar-refractivity contribution in [2.24, 2.45) is 5.41 Å². The summed E-state index contributed by atoms with van der Waals surface area (Å²) in [5, 5.41) is 0. The molecule has 1 aromatic carbocycles. The molecule has 0 aromatic heterocycles. The molecule has 1 rings (SSSR count). The Bertz CT molecular complexity index is 496. The number of anilines is 1. The van der Waals surface area contributed by atoms with Gasteiger partial charge < -0.3 is 15.2 Å². The maximum absolute atomic E-state index is 12.0. The van der Waals surface area contributed by atoms with Crippen molar-refractivity contribution in [1.82, 2.24) is 0 Å². The van der Waals surface area contributed by atoms with E-state index in [-0.39, 0.29) is 17.0 Å². The Morgan fingerprint density at radius 1 is 1.14 bits per heavy atom. The van der Waals surface area contributed by atoms with Gasteiger partial charge in [0.25, 0.3) is 0 Å².